The third-order valence-electron chi connectivity index (χ3n) is 4.04. The number of amides is 2. The smallest absolute Gasteiger partial charge is 0.274 e. The minimum absolute atomic E-state index is 0.0851. The first-order chi connectivity index (χ1) is 11.4. The highest BCUT2D eigenvalue weighted by Gasteiger charge is 2.34. The van der Waals surface area contributed by atoms with E-state index in [1.165, 1.54) is 16.3 Å². The number of hydrogen-bond acceptors (Lipinski definition) is 4. The van der Waals surface area contributed by atoms with Gasteiger partial charge in [-0.3, -0.25) is 9.59 Å². The van der Waals surface area contributed by atoms with Crippen molar-refractivity contribution in [2.75, 3.05) is 20.1 Å². The number of aromatic nitrogens is 1. The molecule has 0 radical (unpaired) electrons. The fraction of sp³-hybridized carbons (Fsp3) is 0.312. The van der Waals surface area contributed by atoms with Crippen molar-refractivity contribution in [3.05, 3.63) is 40.9 Å². The molecule has 0 aliphatic carbocycles. The molecule has 1 aromatic carbocycles. The minimum atomic E-state index is -0.730. The zero-order valence-electron chi connectivity index (χ0n) is 13.1. The van der Waals surface area contributed by atoms with Gasteiger partial charge in [0.15, 0.2) is 0 Å². The number of halogens is 2. The Morgan fingerprint density at radius 3 is 2.62 bits per heavy atom. The fourth-order valence-corrected chi connectivity index (χ4v) is 3.47. The first-order valence-corrected chi connectivity index (χ1v) is 8.24. The largest absolute Gasteiger partial charge is 0.342 e. The van der Waals surface area contributed by atoms with Gasteiger partial charge in [0.2, 0.25) is 5.91 Å². The predicted octanol–water partition coefficient (Wildman–Crippen LogP) is 2.39. The molecule has 8 heteroatoms. The first-order valence-electron chi connectivity index (χ1n) is 7.36. The van der Waals surface area contributed by atoms with Crippen molar-refractivity contribution in [2.24, 2.45) is 0 Å². The standard InChI is InChI=1S/C16H15F2N3O2S/c1-9-15(22)20(2)6-7-21(9)16(23)12-8-24-14(19-12)13-10(17)4-3-5-11(13)18/h3-5,8-9H,6-7H2,1-2H3. The maximum atomic E-state index is 13.8. The lowest BCUT2D eigenvalue weighted by atomic mass is 10.1. The summed E-state index contributed by atoms with van der Waals surface area (Å²) in [4.78, 5) is 31.7. The van der Waals surface area contributed by atoms with Gasteiger partial charge in [0.25, 0.3) is 5.91 Å². The summed E-state index contributed by atoms with van der Waals surface area (Å²) in [5, 5.41) is 1.56. The van der Waals surface area contributed by atoms with E-state index in [4.69, 9.17) is 0 Å². The molecule has 3 rings (SSSR count). The number of likely N-dealkylation sites (N-methyl/N-ethyl adjacent to an activating group) is 1. The highest BCUT2D eigenvalue weighted by Crippen LogP contribution is 2.29. The summed E-state index contributed by atoms with van der Waals surface area (Å²) in [7, 11) is 1.68. The first kappa shape index (κ1) is 16.5. The van der Waals surface area contributed by atoms with Gasteiger partial charge in [-0.25, -0.2) is 13.8 Å². The van der Waals surface area contributed by atoms with Crippen LogP contribution in [0.15, 0.2) is 23.6 Å². The third-order valence-corrected chi connectivity index (χ3v) is 4.90. The molecule has 0 bridgehead atoms. The van der Waals surface area contributed by atoms with Crippen LogP contribution in [0.3, 0.4) is 0 Å². The Balaban J connectivity index is 1.88. The van der Waals surface area contributed by atoms with Gasteiger partial charge < -0.3 is 9.80 Å². The Hall–Kier alpha value is -2.35. The molecule has 2 aromatic rings. The van der Waals surface area contributed by atoms with Crippen LogP contribution in [0.25, 0.3) is 10.6 Å². The van der Waals surface area contributed by atoms with E-state index in [1.807, 2.05) is 0 Å². The van der Waals surface area contributed by atoms with Crippen molar-refractivity contribution in [1.29, 1.82) is 0 Å². The van der Waals surface area contributed by atoms with Gasteiger partial charge in [-0.05, 0) is 19.1 Å². The van der Waals surface area contributed by atoms with Crippen LogP contribution >= 0.6 is 11.3 Å². The number of piperazine rings is 1. The second kappa shape index (κ2) is 6.27. The molecule has 1 aliphatic heterocycles. The SMILES string of the molecule is CC1C(=O)N(C)CCN1C(=O)c1csc(-c2c(F)cccc2F)n1. The van der Waals surface area contributed by atoms with Gasteiger partial charge in [-0.1, -0.05) is 6.07 Å². The van der Waals surface area contributed by atoms with Crippen LogP contribution in [-0.2, 0) is 4.79 Å². The summed E-state index contributed by atoms with van der Waals surface area (Å²) in [6.07, 6.45) is 0. The average molecular weight is 351 g/mol. The van der Waals surface area contributed by atoms with Crippen molar-refractivity contribution in [3.8, 4) is 10.6 Å². The van der Waals surface area contributed by atoms with Crippen LogP contribution in [-0.4, -0.2) is 52.8 Å². The Morgan fingerprint density at radius 2 is 1.96 bits per heavy atom. The molecule has 1 aromatic heterocycles. The predicted molar refractivity (Wildman–Crippen MR) is 85.6 cm³/mol. The number of benzene rings is 1. The van der Waals surface area contributed by atoms with Crippen molar-refractivity contribution in [1.82, 2.24) is 14.8 Å². The van der Waals surface area contributed by atoms with Gasteiger partial charge in [-0.2, -0.15) is 0 Å². The molecule has 5 nitrogen and oxygen atoms in total. The van der Waals surface area contributed by atoms with Crippen LogP contribution in [0, 0.1) is 11.6 Å². The summed E-state index contributed by atoms with van der Waals surface area (Å²) in [5.41, 5.74) is -0.161. The van der Waals surface area contributed by atoms with Crippen molar-refractivity contribution in [2.45, 2.75) is 13.0 Å². The maximum absolute atomic E-state index is 13.8. The maximum Gasteiger partial charge on any atom is 0.274 e. The lowest BCUT2D eigenvalue weighted by Crippen LogP contribution is -2.56. The topological polar surface area (TPSA) is 53.5 Å². The monoisotopic (exact) mass is 351 g/mol. The van der Waals surface area contributed by atoms with Crippen LogP contribution in [0.5, 0.6) is 0 Å². The van der Waals surface area contributed by atoms with E-state index in [2.05, 4.69) is 4.98 Å². The molecule has 0 spiro atoms. The second-order valence-electron chi connectivity index (χ2n) is 5.57. The molecular weight excluding hydrogens is 336 g/mol. The third kappa shape index (κ3) is 2.77. The molecule has 1 saturated heterocycles. The highest BCUT2D eigenvalue weighted by atomic mass is 32.1. The van der Waals surface area contributed by atoms with Crippen LogP contribution in [0.4, 0.5) is 8.78 Å². The quantitative estimate of drug-likeness (QED) is 0.835. The van der Waals surface area contributed by atoms with Crippen molar-refractivity contribution < 1.29 is 18.4 Å². The van der Waals surface area contributed by atoms with Gasteiger partial charge in [0.05, 0.1) is 5.56 Å². The van der Waals surface area contributed by atoms with E-state index in [0.717, 1.165) is 23.5 Å². The van der Waals surface area contributed by atoms with Gasteiger partial charge in [-0.15, -0.1) is 11.3 Å². The number of nitrogens with zero attached hydrogens (tertiary/aromatic N) is 3. The van der Waals surface area contributed by atoms with Gasteiger partial charge in [0, 0.05) is 25.5 Å². The van der Waals surface area contributed by atoms with E-state index in [0.29, 0.717) is 13.1 Å². The lowest BCUT2D eigenvalue weighted by molar-refractivity contribution is -0.137. The van der Waals surface area contributed by atoms with Gasteiger partial charge in [0.1, 0.15) is 28.4 Å². The summed E-state index contributed by atoms with van der Waals surface area (Å²) in [6.45, 7) is 2.48. The Kier molecular flexibility index (Phi) is 4.31. The molecule has 0 N–H and O–H groups in total. The summed E-state index contributed by atoms with van der Waals surface area (Å²) in [6, 6.07) is 2.96. The second-order valence-corrected chi connectivity index (χ2v) is 6.43. The van der Waals surface area contributed by atoms with E-state index in [-0.39, 0.29) is 22.2 Å². The normalized spacial score (nSPS) is 18.2. The molecule has 1 unspecified atom stereocenters. The van der Waals surface area contributed by atoms with E-state index in [1.54, 1.807) is 18.9 Å². The molecule has 24 heavy (non-hydrogen) atoms. The molecule has 0 saturated carbocycles. The highest BCUT2D eigenvalue weighted by molar-refractivity contribution is 7.13. The van der Waals surface area contributed by atoms with Gasteiger partial charge >= 0.3 is 0 Å². The van der Waals surface area contributed by atoms with E-state index >= 15 is 0 Å². The van der Waals surface area contributed by atoms with Crippen LogP contribution in [0.2, 0.25) is 0 Å². The average Bonchev–Trinajstić information content (AvgIpc) is 3.02. The zero-order chi connectivity index (χ0) is 17.4. The Bertz CT molecular complexity index is 788. The lowest BCUT2D eigenvalue weighted by Gasteiger charge is -2.36. The summed E-state index contributed by atoms with van der Waals surface area (Å²) in [5.74, 6) is -2.02. The molecule has 2 heterocycles. The molecule has 1 atom stereocenters. The number of thiazole rings is 1. The summed E-state index contributed by atoms with van der Waals surface area (Å²) < 4.78 is 27.7. The minimum Gasteiger partial charge on any atom is -0.342 e. The fourth-order valence-electron chi connectivity index (χ4n) is 2.63. The van der Waals surface area contributed by atoms with Crippen molar-refractivity contribution >= 4 is 23.2 Å². The Labute approximate surface area is 141 Å². The molecule has 1 aliphatic rings. The van der Waals surface area contributed by atoms with Crippen LogP contribution in [0.1, 0.15) is 17.4 Å². The Morgan fingerprint density at radius 1 is 1.29 bits per heavy atom. The molecule has 2 amide bonds. The number of carbonyl (C=O) groups excluding carboxylic acids is 2. The van der Waals surface area contributed by atoms with E-state index < -0.39 is 23.6 Å². The number of carbonyl (C=O) groups is 2. The van der Waals surface area contributed by atoms with Crippen LogP contribution < -0.4 is 0 Å². The number of rotatable bonds is 2. The zero-order valence-corrected chi connectivity index (χ0v) is 13.9. The molecule has 1 fully saturated rings. The van der Waals surface area contributed by atoms with Crippen molar-refractivity contribution in [3.63, 3.8) is 0 Å². The molecular formula is C16H15F2N3O2S. The summed E-state index contributed by atoms with van der Waals surface area (Å²) >= 11 is 0.992. The van der Waals surface area contributed by atoms with E-state index in [9.17, 15) is 18.4 Å². The molecule has 126 valence electrons. The number of hydrogen-bond donors (Lipinski definition) is 0.